The second kappa shape index (κ2) is 3.08. The molecule has 0 fully saturated rings. The lowest BCUT2D eigenvalue weighted by molar-refractivity contribution is 0.207. The normalized spacial score (nSPS) is 15.6. The van der Waals surface area contributed by atoms with Gasteiger partial charge in [-0.1, -0.05) is 0 Å². The van der Waals surface area contributed by atoms with Crippen LogP contribution in [0, 0.1) is 0 Å². The second-order valence-electron chi connectivity index (χ2n) is 3.68. The molecule has 0 aliphatic heterocycles. The number of nitrogens with one attached hydrogen (secondary N) is 1. The molecule has 0 saturated heterocycles. The highest BCUT2D eigenvalue weighted by atomic mass is 16.3. The maximum Gasteiger partial charge on any atom is 0.0882 e. The van der Waals surface area contributed by atoms with Crippen LogP contribution in [-0.4, -0.2) is 21.7 Å². The van der Waals surface area contributed by atoms with E-state index in [-0.39, 0.29) is 6.61 Å². The van der Waals surface area contributed by atoms with E-state index in [2.05, 4.69) is 9.97 Å². The molecule has 0 spiro atoms. The molecule has 2 heterocycles. The van der Waals surface area contributed by atoms with Gasteiger partial charge in [0.15, 0.2) is 0 Å². The molecule has 4 N–H and O–H groups in total. The maximum absolute atomic E-state index is 9.10. The highest BCUT2D eigenvalue weighted by Crippen LogP contribution is 2.18. The third kappa shape index (κ3) is 1.38. The number of aliphatic hydroxyl groups excluding tert-OH is 1. The maximum atomic E-state index is 9.10. The van der Waals surface area contributed by atoms with Crippen LogP contribution in [-0.2, 0) is 5.54 Å². The van der Waals surface area contributed by atoms with Gasteiger partial charge < -0.3 is 15.8 Å². The van der Waals surface area contributed by atoms with Gasteiger partial charge in [-0.25, -0.2) is 4.98 Å². The Morgan fingerprint density at radius 3 is 3.00 bits per heavy atom. The Morgan fingerprint density at radius 1 is 1.50 bits per heavy atom. The number of rotatable bonds is 2. The number of nitrogens with two attached hydrogens (primary N) is 1. The fourth-order valence-electron chi connectivity index (χ4n) is 1.33. The quantitative estimate of drug-likeness (QED) is 0.655. The summed E-state index contributed by atoms with van der Waals surface area (Å²) in [6.45, 7) is 1.64. The number of hydrogen-bond donors (Lipinski definition) is 3. The molecule has 0 amide bonds. The van der Waals surface area contributed by atoms with E-state index in [4.69, 9.17) is 10.8 Å². The Hall–Kier alpha value is -1.39. The summed E-state index contributed by atoms with van der Waals surface area (Å²) < 4.78 is 0. The van der Waals surface area contributed by atoms with Crippen molar-refractivity contribution in [2.45, 2.75) is 12.5 Å². The molecule has 2 aromatic rings. The summed E-state index contributed by atoms with van der Waals surface area (Å²) in [5, 5.41) is 9.10. The average molecular weight is 191 g/mol. The molecule has 0 aliphatic carbocycles. The van der Waals surface area contributed by atoms with Gasteiger partial charge >= 0.3 is 0 Å². The van der Waals surface area contributed by atoms with E-state index in [1.54, 1.807) is 6.92 Å². The van der Waals surface area contributed by atoms with Crippen LogP contribution in [0.2, 0.25) is 0 Å². The summed E-state index contributed by atoms with van der Waals surface area (Å²) in [6, 6.07) is 5.62. The van der Waals surface area contributed by atoms with E-state index >= 15 is 0 Å². The van der Waals surface area contributed by atoms with E-state index in [0.29, 0.717) is 5.69 Å². The third-order valence-electron chi connectivity index (χ3n) is 2.32. The minimum Gasteiger partial charge on any atom is -0.394 e. The Morgan fingerprint density at radius 2 is 2.29 bits per heavy atom. The number of H-pyrrole nitrogens is 1. The zero-order valence-electron chi connectivity index (χ0n) is 7.99. The van der Waals surface area contributed by atoms with E-state index < -0.39 is 5.54 Å². The first-order valence-electron chi connectivity index (χ1n) is 4.48. The summed E-state index contributed by atoms with van der Waals surface area (Å²) in [5.74, 6) is 0. The van der Waals surface area contributed by atoms with Crippen molar-refractivity contribution in [2.75, 3.05) is 6.61 Å². The number of aromatic amines is 1. The smallest absolute Gasteiger partial charge is 0.0882 e. The fourth-order valence-corrected chi connectivity index (χ4v) is 1.33. The number of fused-ring (bicyclic) bond motifs is 1. The van der Waals surface area contributed by atoms with Gasteiger partial charge in [-0.3, -0.25) is 0 Å². The van der Waals surface area contributed by atoms with Crippen molar-refractivity contribution < 1.29 is 5.11 Å². The lowest BCUT2D eigenvalue weighted by atomic mass is 10.00. The molecule has 14 heavy (non-hydrogen) atoms. The van der Waals surface area contributed by atoms with Crippen molar-refractivity contribution in [1.29, 1.82) is 0 Å². The Kier molecular flexibility index (Phi) is 2.02. The van der Waals surface area contributed by atoms with Crippen LogP contribution in [0.1, 0.15) is 12.6 Å². The van der Waals surface area contributed by atoms with Crippen molar-refractivity contribution in [3.8, 4) is 0 Å². The third-order valence-corrected chi connectivity index (χ3v) is 2.32. The van der Waals surface area contributed by atoms with E-state index in [0.717, 1.165) is 11.0 Å². The molecule has 2 rings (SSSR count). The fraction of sp³-hybridized carbons (Fsp3) is 0.300. The van der Waals surface area contributed by atoms with Crippen LogP contribution in [0.15, 0.2) is 24.4 Å². The zero-order chi connectivity index (χ0) is 10.2. The van der Waals surface area contributed by atoms with Gasteiger partial charge in [0.2, 0.25) is 0 Å². The van der Waals surface area contributed by atoms with Crippen LogP contribution >= 0.6 is 0 Å². The van der Waals surface area contributed by atoms with Gasteiger partial charge in [-0.05, 0) is 25.1 Å². The molecular formula is C10H13N3O. The van der Waals surface area contributed by atoms with Gasteiger partial charge in [-0.2, -0.15) is 0 Å². The molecule has 1 unspecified atom stereocenters. The average Bonchev–Trinajstić information content (AvgIpc) is 2.64. The molecule has 0 aromatic carbocycles. The van der Waals surface area contributed by atoms with Gasteiger partial charge in [0.1, 0.15) is 0 Å². The predicted molar refractivity (Wildman–Crippen MR) is 54.7 cm³/mol. The molecule has 0 bridgehead atoms. The van der Waals surface area contributed by atoms with Crippen molar-refractivity contribution >= 4 is 11.0 Å². The zero-order valence-corrected chi connectivity index (χ0v) is 7.99. The van der Waals surface area contributed by atoms with Crippen LogP contribution in [0.3, 0.4) is 0 Å². The van der Waals surface area contributed by atoms with Gasteiger partial charge in [-0.15, -0.1) is 0 Å². The minimum absolute atomic E-state index is 0.115. The summed E-state index contributed by atoms with van der Waals surface area (Å²) in [7, 11) is 0. The SMILES string of the molecule is CC(N)(CO)c1ccc2[nH]ccc2n1. The molecule has 0 radical (unpaired) electrons. The van der Waals surface area contributed by atoms with Crippen LogP contribution in [0.25, 0.3) is 11.0 Å². The van der Waals surface area contributed by atoms with Crippen molar-refractivity contribution in [3.05, 3.63) is 30.1 Å². The van der Waals surface area contributed by atoms with E-state index in [9.17, 15) is 0 Å². The first-order valence-corrected chi connectivity index (χ1v) is 4.48. The van der Waals surface area contributed by atoms with Crippen molar-refractivity contribution in [3.63, 3.8) is 0 Å². The standard InChI is InChI=1S/C10H13N3O/c1-10(11,6-14)9-3-2-7-8(13-9)4-5-12-7/h2-5,12,14H,6,11H2,1H3. The topological polar surface area (TPSA) is 74.9 Å². The van der Waals surface area contributed by atoms with E-state index in [1.807, 2.05) is 24.4 Å². The molecule has 4 nitrogen and oxygen atoms in total. The molecular weight excluding hydrogens is 178 g/mol. The number of aromatic nitrogens is 2. The van der Waals surface area contributed by atoms with Crippen molar-refractivity contribution in [1.82, 2.24) is 9.97 Å². The van der Waals surface area contributed by atoms with Crippen LogP contribution in [0.4, 0.5) is 0 Å². The number of nitrogens with zero attached hydrogens (tertiary/aromatic N) is 1. The van der Waals surface area contributed by atoms with E-state index in [1.165, 1.54) is 0 Å². The lowest BCUT2D eigenvalue weighted by Crippen LogP contribution is -2.37. The van der Waals surface area contributed by atoms with Gasteiger partial charge in [0.25, 0.3) is 0 Å². The number of aliphatic hydroxyl groups is 1. The first kappa shape index (κ1) is 9.18. The Bertz CT molecular complexity index is 447. The Labute approximate surface area is 81.8 Å². The number of pyridine rings is 1. The van der Waals surface area contributed by atoms with Crippen LogP contribution < -0.4 is 5.73 Å². The molecule has 0 aliphatic rings. The highest BCUT2D eigenvalue weighted by Gasteiger charge is 2.21. The second-order valence-corrected chi connectivity index (χ2v) is 3.68. The molecule has 2 aromatic heterocycles. The van der Waals surface area contributed by atoms with Gasteiger partial charge in [0, 0.05) is 6.20 Å². The largest absolute Gasteiger partial charge is 0.394 e. The monoisotopic (exact) mass is 191 g/mol. The molecule has 4 heteroatoms. The van der Waals surface area contributed by atoms with Crippen LogP contribution in [0.5, 0.6) is 0 Å². The summed E-state index contributed by atoms with van der Waals surface area (Å²) in [6.07, 6.45) is 1.83. The Balaban J connectivity index is 2.53. The summed E-state index contributed by atoms with van der Waals surface area (Å²) in [5.41, 5.74) is 7.65. The first-order chi connectivity index (χ1) is 6.63. The molecule has 1 atom stereocenters. The molecule has 74 valence electrons. The predicted octanol–water partition coefficient (Wildman–Crippen LogP) is 0.729. The van der Waals surface area contributed by atoms with Gasteiger partial charge in [0.05, 0.1) is 28.9 Å². The molecule has 0 saturated carbocycles. The van der Waals surface area contributed by atoms with Crippen molar-refractivity contribution in [2.24, 2.45) is 5.73 Å². The lowest BCUT2D eigenvalue weighted by Gasteiger charge is -2.20. The highest BCUT2D eigenvalue weighted by molar-refractivity contribution is 5.74. The number of hydrogen-bond acceptors (Lipinski definition) is 3. The summed E-state index contributed by atoms with van der Waals surface area (Å²) >= 11 is 0. The summed E-state index contributed by atoms with van der Waals surface area (Å²) in [4.78, 5) is 7.41. The minimum atomic E-state index is -0.772.